The number of benzene rings is 2. The van der Waals surface area contributed by atoms with Crippen LogP contribution in [0.25, 0.3) is 10.9 Å². The number of fused-ring (bicyclic) bond motifs is 1. The largest absolute Gasteiger partial charge is 0.361 e. The number of hydrogen-bond acceptors (Lipinski definition) is 3. The number of H-pyrrole nitrogens is 1. The number of carbonyl (C=O) groups excluding carboxylic acids is 1. The molecule has 2 N–H and O–H groups in total. The molecule has 0 saturated carbocycles. The molecular weight excluding hydrogens is 433 g/mol. The molecule has 0 radical (unpaired) electrons. The third kappa shape index (κ3) is 4.50. The quantitative estimate of drug-likeness (QED) is 0.317. The second-order valence-corrected chi connectivity index (χ2v) is 8.09. The van der Waals surface area contributed by atoms with E-state index >= 15 is 0 Å². The van der Waals surface area contributed by atoms with Gasteiger partial charge in [-0.15, -0.1) is 0 Å². The van der Waals surface area contributed by atoms with Gasteiger partial charge < -0.3 is 4.98 Å². The Kier molecular flexibility index (Phi) is 6.11. The lowest BCUT2D eigenvalue weighted by atomic mass is 10.1. The lowest BCUT2D eigenvalue weighted by Gasteiger charge is -2.08. The maximum Gasteiger partial charge on any atom is 0.244 e. The zero-order chi connectivity index (χ0) is 22.0. The highest BCUT2D eigenvalue weighted by Gasteiger charge is 2.14. The predicted octanol–water partition coefficient (Wildman–Crippen LogP) is 5.03. The van der Waals surface area contributed by atoms with Crippen molar-refractivity contribution in [3.63, 3.8) is 0 Å². The standard InChI is InChI=1S/C23H21Cl2N5O/c1-14-18(15(2)30(29-14)13-19-20(24)7-5-8-21(19)25)12-27-28-23(31)10-16-11-26-22-9-4-3-6-17(16)22/h3-9,11-12,26H,10,13H2,1-2H3,(H,28,31)/b27-12+. The van der Waals surface area contributed by atoms with Crippen molar-refractivity contribution in [3.8, 4) is 0 Å². The monoisotopic (exact) mass is 453 g/mol. The van der Waals surface area contributed by atoms with Gasteiger partial charge in [0.1, 0.15) is 0 Å². The van der Waals surface area contributed by atoms with Crippen LogP contribution in [-0.4, -0.2) is 26.9 Å². The van der Waals surface area contributed by atoms with Crippen molar-refractivity contribution in [3.05, 3.63) is 86.8 Å². The highest BCUT2D eigenvalue weighted by molar-refractivity contribution is 6.36. The van der Waals surface area contributed by atoms with E-state index in [0.29, 0.717) is 16.6 Å². The molecule has 0 unspecified atom stereocenters. The number of carbonyl (C=O) groups is 1. The minimum atomic E-state index is -0.188. The van der Waals surface area contributed by atoms with E-state index in [1.54, 1.807) is 18.3 Å². The van der Waals surface area contributed by atoms with Gasteiger partial charge in [0.2, 0.25) is 5.91 Å². The van der Waals surface area contributed by atoms with Crippen LogP contribution in [0.15, 0.2) is 53.8 Å². The number of nitrogens with one attached hydrogen (secondary N) is 2. The Labute approximate surface area is 189 Å². The highest BCUT2D eigenvalue weighted by Crippen LogP contribution is 2.26. The van der Waals surface area contributed by atoms with Gasteiger partial charge >= 0.3 is 0 Å². The van der Waals surface area contributed by atoms with E-state index < -0.39 is 0 Å². The summed E-state index contributed by atoms with van der Waals surface area (Å²) in [5.41, 5.74) is 7.90. The molecule has 0 aliphatic heterocycles. The Hall–Kier alpha value is -3.09. The summed E-state index contributed by atoms with van der Waals surface area (Å²) in [6.07, 6.45) is 3.71. The van der Waals surface area contributed by atoms with Gasteiger partial charge in [0.25, 0.3) is 0 Å². The molecule has 158 valence electrons. The van der Waals surface area contributed by atoms with Crippen molar-refractivity contribution >= 4 is 46.2 Å². The molecule has 0 aliphatic rings. The molecule has 0 fully saturated rings. The van der Waals surface area contributed by atoms with E-state index in [9.17, 15) is 4.79 Å². The summed E-state index contributed by atoms with van der Waals surface area (Å²) in [7, 11) is 0. The maximum absolute atomic E-state index is 12.3. The van der Waals surface area contributed by atoms with Gasteiger partial charge in [0.05, 0.1) is 24.9 Å². The number of halogens is 2. The summed E-state index contributed by atoms with van der Waals surface area (Å²) >= 11 is 12.6. The summed E-state index contributed by atoms with van der Waals surface area (Å²) in [5.74, 6) is -0.188. The summed E-state index contributed by atoms with van der Waals surface area (Å²) in [4.78, 5) is 15.5. The zero-order valence-corrected chi connectivity index (χ0v) is 18.6. The third-order valence-corrected chi connectivity index (χ3v) is 5.92. The highest BCUT2D eigenvalue weighted by atomic mass is 35.5. The van der Waals surface area contributed by atoms with Crippen molar-refractivity contribution in [2.75, 3.05) is 0 Å². The van der Waals surface area contributed by atoms with Crippen LogP contribution in [0.1, 0.15) is 28.1 Å². The predicted molar refractivity (Wildman–Crippen MR) is 125 cm³/mol. The average molecular weight is 454 g/mol. The Morgan fingerprint density at radius 1 is 1.16 bits per heavy atom. The maximum atomic E-state index is 12.3. The van der Waals surface area contributed by atoms with E-state index in [4.69, 9.17) is 23.2 Å². The number of hydrogen-bond donors (Lipinski definition) is 2. The second kappa shape index (κ2) is 8.96. The fourth-order valence-corrected chi connectivity index (χ4v) is 4.06. The van der Waals surface area contributed by atoms with Crippen LogP contribution in [0.4, 0.5) is 0 Å². The number of nitrogens with zero attached hydrogens (tertiary/aromatic N) is 3. The molecule has 4 aromatic rings. The summed E-state index contributed by atoms with van der Waals surface area (Å²) in [5, 5.41) is 10.9. The lowest BCUT2D eigenvalue weighted by Crippen LogP contribution is -2.19. The van der Waals surface area contributed by atoms with Crippen molar-refractivity contribution < 1.29 is 4.79 Å². The molecule has 2 aromatic carbocycles. The number of aromatic nitrogens is 3. The molecule has 6 nitrogen and oxygen atoms in total. The van der Waals surface area contributed by atoms with E-state index in [1.165, 1.54) is 0 Å². The van der Waals surface area contributed by atoms with E-state index in [1.807, 2.05) is 55.1 Å². The van der Waals surface area contributed by atoms with E-state index in [-0.39, 0.29) is 12.3 Å². The molecule has 0 bridgehead atoms. The van der Waals surface area contributed by atoms with Crippen LogP contribution in [0.5, 0.6) is 0 Å². The van der Waals surface area contributed by atoms with Crippen molar-refractivity contribution in [2.24, 2.45) is 5.10 Å². The number of amides is 1. The fraction of sp³-hybridized carbons (Fsp3) is 0.174. The smallest absolute Gasteiger partial charge is 0.244 e. The minimum Gasteiger partial charge on any atom is -0.361 e. The molecule has 0 spiro atoms. The zero-order valence-electron chi connectivity index (χ0n) is 17.1. The third-order valence-electron chi connectivity index (χ3n) is 5.22. The van der Waals surface area contributed by atoms with Gasteiger partial charge in [-0.05, 0) is 37.6 Å². The van der Waals surface area contributed by atoms with Crippen molar-refractivity contribution in [1.82, 2.24) is 20.2 Å². The first kappa shape index (κ1) is 21.2. The van der Waals surface area contributed by atoms with Crippen LogP contribution in [0.3, 0.4) is 0 Å². The average Bonchev–Trinajstić information content (AvgIpc) is 3.26. The number of hydrazone groups is 1. The topological polar surface area (TPSA) is 75.1 Å². The number of para-hydroxylation sites is 1. The Morgan fingerprint density at radius 2 is 1.90 bits per heavy atom. The number of aryl methyl sites for hydroxylation is 1. The first-order valence-electron chi connectivity index (χ1n) is 9.78. The van der Waals surface area contributed by atoms with Gasteiger partial charge in [-0.2, -0.15) is 10.2 Å². The van der Waals surface area contributed by atoms with E-state index in [0.717, 1.165) is 39.0 Å². The Morgan fingerprint density at radius 3 is 2.68 bits per heavy atom. The second-order valence-electron chi connectivity index (χ2n) is 7.27. The fourth-order valence-electron chi connectivity index (χ4n) is 3.54. The van der Waals surface area contributed by atoms with Gasteiger partial charge in [0.15, 0.2) is 0 Å². The Bertz CT molecular complexity index is 1270. The van der Waals surface area contributed by atoms with Gasteiger partial charge in [-0.25, -0.2) is 5.43 Å². The van der Waals surface area contributed by atoms with Crippen molar-refractivity contribution in [1.29, 1.82) is 0 Å². The van der Waals surface area contributed by atoms with Crippen LogP contribution in [0.2, 0.25) is 10.0 Å². The molecule has 0 atom stereocenters. The van der Waals surface area contributed by atoms with Crippen molar-refractivity contribution in [2.45, 2.75) is 26.8 Å². The number of aromatic amines is 1. The van der Waals surface area contributed by atoms with Crippen LogP contribution >= 0.6 is 23.2 Å². The normalized spacial score (nSPS) is 11.5. The molecule has 4 rings (SSSR count). The molecule has 2 aromatic heterocycles. The summed E-state index contributed by atoms with van der Waals surface area (Å²) < 4.78 is 1.83. The summed E-state index contributed by atoms with van der Waals surface area (Å²) in [6, 6.07) is 13.3. The van der Waals surface area contributed by atoms with Crippen LogP contribution in [-0.2, 0) is 17.8 Å². The molecule has 1 amide bonds. The van der Waals surface area contributed by atoms with Crippen LogP contribution in [0, 0.1) is 13.8 Å². The lowest BCUT2D eigenvalue weighted by molar-refractivity contribution is -0.120. The summed E-state index contributed by atoms with van der Waals surface area (Å²) in [6.45, 7) is 4.29. The van der Waals surface area contributed by atoms with Gasteiger partial charge in [-0.1, -0.05) is 47.5 Å². The molecule has 0 saturated heterocycles. The first-order valence-corrected chi connectivity index (χ1v) is 10.5. The molecule has 2 heterocycles. The molecule has 0 aliphatic carbocycles. The van der Waals surface area contributed by atoms with Crippen LogP contribution < -0.4 is 5.43 Å². The Balaban J connectivity index is 1.45. The van der Waals surface area contributed by atoms with E-state index in [2.05, 4.69) is 20.6 Å². The van der Waals surface area contributed by atoms with Gasteiger partial charge in [0, 0.05) is 44.0 Å². The number of rotatable bonds is 6. The SMILES string of the molecule is Cc1nn(Cc2c(Cl)cccc2Cl)c(C)c1/C=N/NC(=O)Cc1c[nH]c2ccccc12. The molecular formula is C23H21Cl2N5O. The first-order chi connectivity index (χ1) is 14.9. The van der Waals surface area contributed by atoms with Gasteiger partial charge in [-0.3, -0.25) is 9.48 Å². The molecule has 8 heteroatoms. The minimum absolute atomic E-state index is 0.188. The molecule has 31 heavy (non-hydrogen) atoms.